The average molecular weight is 466 g/mol. The number of nitrogens with zero attached hydrogens (tertiary/aromatic N) is 3. The summed E-state index contributed by atoms with van der Waals surface area (Å²) in [6.45, 7) is 2.97. The average Bonchev–Trinajstić information content (AvgIpc) is 3.41. The van der Waals surface area contributed by atoms with Crippen LogP contribution in [0.1, 0.15) is 43.6 Å². The molecule has 2 heterocycles. The van der Waals surface area contributed by atoms with Crippen LogP contribution in [0.5, 0.6) is 5.75 Å². The largest absolute Gasteiger partial charge is 0.494 e. The van der Waals surface area contributed by atoms with E-state index in [1.807, 2.05) is 37.3 Å². The van der Waals surface area contributed by atoms with Crippen LogP contribution in [0, 0.1) is 0 Å². The van der Waals surface area contributed by atoms with E-state index in [-0.39, 0.29) is 16.7 Å². The van der Waals surface area contributed by atoms with E-state index < -0.39 is 17.7 Å². The third kappa shape index (κ3) is 4.41. The van der Waals surface area contributed by atoms with Crippen molar-refractivity contribution in [2.75, 3.05) is 16.8 Å². The predicted molar refractivity (Wildman–Crippen MR) is 131 cm³/mol. The van der Waals surface area contributed by atoms with Gasteiger partial charge in [-0.25, -0.2) is 4.90 Å². The standard InChI is InChI=1S/C27H22N4O4/c1-2-35-22-11-9-21(10-12-22)31-26(33)23-13-8-19(14-24(23)27(31)34)25(32)29-20-15-28-30(17-20)16-18-6-4-3-5-7-18/h3-15,17H,2,16H2,1H3,(H,29,32). The summed E-state index contributed by atoms with van der Waals surface area (Å²) in [5, 5.41) is 7.08. The summed E-state index contributed by atoms with van der Waals surface area (Å²) < 4.78 is 7.15. The van der Waals surface area contributed by atoms with Crippen molar-refractivity contribution in [3.05, 3.63) is 107 Å². The molecule has 3 aromatic carbocycles. The lowest BCUT2D eigenvalue weighted by Gasteiger charge is -2.14. The topological polar surface area (TPSA) is 93.5 Å². The number of rotatable bonds is 7. The number of ether oxygens (including phenoxy) is 1. The molecule has 0 unspecified atom stereocenters. The van der Waals surface area contributed by atoms with Gasteiger partial charge in [-0.2, -0.15) is 5.10 Å². The van der Waals surface area contributed by atoms with Gasteiger partial charge in [-0.05, 0) is 55.0 Å². The van der Waals surface area contributed by atoms with E-state index in [0.29, 0.717) is 30.3 Å². The molecule has 0 radical (unpaired) electrons. The zero-order valence-corrected chi connectivity index (χ0v) is 19.0. The number of benzene rings is 3. The Morgan fingerprint density at radius 3 is 2.43 bits per heavy atom. The molecule has 0 spiro atoms. The highest BCUT2D eigenvalue weighted by atomic mass is 16.5. The SMILES string of the molecule is CCOc1ccc(N2C(=O)c3ccc(C(=O)Nc4cnn(Cc5ccccc5)c4)cc3C2=O)cc1. The molecule has 174 valence electrons. The molecule has 4 aromatic rings. The van der Waals surface area contributed by atoms with Crippen molar-refractivity contribution >= 4 is 29.1 Å². The van der Waals surface area contributed by atoms with Crippen molar-refractivity contribution in [3.8, 4) is 5.75 Å². The third-order valence-electron chi connectivity index (χ3n) is 5.63. The van der Waals surface area contributed by atoms with Crippen molar-refractivity contribution < 1.29 is 19.1 Å². The highest BCUT2D eigenvalue weighted by molar-refractivity contribution is 6.34. The lowest BCUT2D eigenvalue weighted by atomic mass is 10.1. The summed E-state index contributed by atoms with van der Waals surface area (Å²) in [6, 6.07) is 21.1. The zero-order chi connectivity index (χ0) is 24.4. The van der Waals surface area contributed by atoms with E-state index in [4.69, 9.17) is 4.74 Å². The molecule has 3 amide bonds. The second-order valence-corrected chi connectivity index (χ2v) is 8.00. The minimum atomic E-state index is -0.473. The Bertz CT molecular complexity index is 1410. The molecule has 0 aliphatic carbocycles. The Balaban J connectivity index is 1.31. The molecule has 0 bridgehead atoms. The molecule has 1 N–H and O–H groups in total. The highest BCUT2D eigenvalue weighted by Crippen LogP contribution is 2.30. The number of carbonyl (C=O) groups is 3. The van der Waals surface area contributed by atoms with Gasteiger partial charge < -0.3 is 10.1 Å². The number of hydrogen-bond acceptors (Lipinski definition) is 5. The monoisotopic (exact) mass is 466 g/mol. The Morgan fingerprint density at radius 2 is 1.69 bits per heavy atom. The number of hydrogen-bond donors (Lipinski definition) is 1. The molecule has 0 atom stereocenters. The molecule has 8 heteroatoms. The number of carbonyl (C=O) groups excluding carboxylic acids is 3. The van der Waals surface area contributed by atoms with Gasteiger partial charge in [-0.1, -0.05) is 30.3 Å². The van der Waals surface area contributed by atoms with E-state index in [0.717, 1.165) is 10.5 Å². The smallest absolute Gasteiger partial charge is 0.266 e. The van der Waals surface area contributed by atoms with Crippen LogP contribution in [0.3, 0.4) is 0 Å². The molecule has 5 rings (SSSR count). The van der Waals surface area contributed by atoms with E-state index in [9.17, 15) is 14.4 Å². The summed E-state index contributed by atoms with van der Waals surface area (Å²) in [6.07, 6.45) is 3.30. The zero-order valence-electron chi connectivity index (χ0n) is 19.0. The van der Waals surface area contributed by atoms with Crippen LogP contribution in [0.15, 0.2) is 85.2 Å². The quantitative estimate of drug-likeness (QED) is 0.408. The van der Waals surface area contributed by atoms with Crippen molar-refractivity contribution in [1.82, 2.24) is 9.78 Å². The highest BCUT2D eigenvalue weighted by Gasteiger charge is 2.37. The number of fused-ring (bicyclic) bond motifs is 1. The Hall–Kier alpha value is -4.72. The first-order valence-corrected chi connectivity index (χ1v) is 11.2. The minimum Gasteiger partial charge on any atom is -0.494 e. The Kier molecular flexibility index (Phi) is 5.85. The van der Waals surface area contributed by atoms with Crippen LogP contribution in [0.25, 0.3) is 0 Å². The molecule has 8 nitrogen and oxygen atoms in total. The number of anilines is 2. The molecule has 1 aromatic heterocycles. The molecule has 0 saturated heterocycles. The van der Waals surface area contributed by atoms with Gasteiger partial charge in [-0.15, -0.1) is 0 Å². The first-order valence-electron chi connectivity index (χ1n) is 11.2. The summed E-state index contributed by atoms with van der Waals surface area (Å²) in [4.78, 5) is 39.9. The van der Waals surface area contributed by atoms with Crippen LogP contribution in [0.4, 0.5) is 11.4 Å². The van der Waals surface area contributed by atoms with E-state index in [1.54, 1.807) is 41.3 Å². The summed E-state index contributed by atoms with van der Waals surface area (Å²) in [5.74, 6) is -0.645. The number of imide groups is 1. The maximum atomic E-state index is 13.1. The Morgan fingerprint density at radius 1 is 0.943 bits per heavy atom. The number of aromatic nitrogens is 2. The van der Waals surface area contributed by atoms with Gasteiger partial charge in [0.05, 0.1) is 41.9 Å². The van der Waals surface area contributed by atoms with Gasteiger partial charge in [0.1, 0.15) is 5.75 Å². The molecule has 0 fully saturated rings. The van der Waals surface area contributed by atoms with Gasteiger partial charge >= 0.3 is 0 Å². The molecular formula is C27H22N4O4. The maximum absolute atomic E-state index is 13.1. The van der Waals surface area contributed by atoms with Gasteiger partial charge in [-0.3, -0.25) is 19.1 Å². The van der Waals surface area contributed by atoms with Crippen LogP contribution >= 0.6 is 0 Å². The fraction of sp³-hybridized carbons (Fsp3) is 0.111. The molecule has 1 aliphatic heterocycles. The fourth-order valence-electron chi connectivity index (χ4n) is 3.96. The van der Waals surface area contributed by atoms with Gasteiger partial charge in [0.2, 0.25) is 0 Å². The summed E-state index contributed by atoms with van der Waals surface area (Å²) >= 11 is 0. The van der Waals surface area contributed by atoms with E-state index in [1.165, 1.54) is 18.2 Å². The van der Waals surface area contributed by atoms with Crippen molar-refractivity contribution in [3.63, 3.8) is 0 Å². The lowest BCUT2D eigenvalue weighted by Crippen LogP contribution is -2.29. The second-order valence-electron chi connectivity index (χ2n) is 8.00. The first kappa shape index (κ1) is 22.1. The number of nitrogens with one attached hydrogen (secondary N) is 1. The summed E-state index contributed by atoms with van der Waals surface area (Å²) in [7, 11) is 0. The minimum absolute atomic E-state index is 0.191. The fourth-order valence-corrected chi connectivity index (χ4v) is 3.96. The van der Waals surface area contributed by atoms with Gasteiger partial charge in [0.15, 0.2) is 0 Å². The maximum Gasteiger partial charge on any atom is 0.266 e. The lowest BCUT2D eigenvalue weighted by molar-refractivity contribution is 0.0925. The van der Waals surface area contributed by atoms with Crippen LogP contribution < -0.4 is 15.0 Å². The van der Waals surface area contributed by atoms with Crippen LogP contribution in [0.2, 0.25) is 0 Å². The molecule has 1 aliphatic rings. The predicted octanol–water partition coefficient (Wildman–Crippen LogP) is 4.38. The van der Waals surface area contributed by atoms with E-state index >= 15 is 0 Å². The van der Waals surface area contributed by atoms with Crippen molar-refractivity contribution in [2.24, 2.45) is 0 Å². The van der Waals surface area contributed by atoms with E-state index in [2.05, 4.69) is 10.4 Å². The first-order chi connectivity index (χ1) is 17.0. The molecule has 35 heavy (non-hydrogen) atoms. The van der Waals surface area contributed by atoms with Crippen LogP contribution in [-0.4, -0.2) is 34.1 Å². The van der Waals surface area contributed by atoms with Gasteiger partial charge in [0.25, 0.3) is 17.7 Å². The third-order valence-corrected chi connectivity index (χ3v) is 5.63. The van der Waals surface area contributed by atoms with Gasteiger partial charge in [0, 0.05) is 11.8 Å². The van der Waals surface area contributed by atoms with Crippen molar-refractivity contribution in [1.29, 1.82) is 0 Å². The van der Waals surface area contributed by atoms with Crippen molar-refractivity contribution in [2.45, 2.75) is 13.5 Å². The number of amides is 3. The normalized spacial score (nSPS) is 12.5. The van der Waals surface area contributed by atoms with Crippen LogP contribution in [-0.2, 0) is 6.54 Å². The molecule has 0 saturated carbocycles. The summed E-state index contributed by atoms with van der Waals surface area (Å²) in [5.41, 5.74) is 2.79. The molecular weight excluding hydrogens is 444 g/mol. The second kappa shape index (κ2) is 9.26. The Labute approximate surface area is 201 Å².